The van der Waals surface area contributed by atoms with E-state index in [1.54, 1.807) is 31.2 Å². The highest BCUT2D eigenvalue weighted by Crippen LogP contribution is 2.20. The van der Waals surface area contributed by atoms with Crippen molar-refractivity contribution in [2.45, 2.75) is 18.7 Å². The lowest BCUT2D eigenvalue weighted by molar-refractivity contribution is 0.600. The maximum Gasteiger partial charge on any atom is 0.263 e. The molecule has 0 aliphatic carbocycles. The minimum Gasteiger partial charge on any atom is -0.339 e. The number of hydrogen-bond acceptors (Lipinski definition) is 5. The Morgan fingerprint density at radius 1 is 0.840 bits per heavy atom. The third-order valence-corrected chi connectivity index (χ3v) is 5.08. The van der Waals surface area contributed by atoms with Crippen molar-refractivity contribution < 1.29 is 8.42 Å². The summed E-state index contributed by atoms with van der Waals surface area (Å²) < 4.78 is 27.6. The Bertz CT molecular complexity index is 972. The van der Waals surface area contributed by atoms with E-state index < -0.39 is 10.0 Å². The van der Waals surface area contributed by atoms with Gasteiger partial charge < -0.3 is 5.32 Å². The van der Waals surface area contributed by atoms with E-state index in [2.05, 4.69) is 20.2 Å². The molecule has 0 bridgehead atoms. The van der Waals surface area contributed by atoms with Crippen molar-refractivity contribution in [3.8, 4) is 0 Å². The molecule has 0 aliphatic rings. The summed E-state index contributed by atoms with van der Waals surface area (Å²) >= 11 is 0. The summed E-state index contributed by atoms with van der Waals surface area (Å²) in [6.07, 6.45) is 0. The molecule has 128 valence electrons. The number of hydrogen-bond donors (Lipinski definition) is 2. The van der Waals surface area contributed by atoms with Gasteiger partial charge in [-0.25, -0.2) is 8.42 Å². The number of para-hydroxylation sites is 1. The van der Waals surface area contributed by atoms with Crippen LogP contribution in [0, 0.1) is 13.8 Å². The maximum absolute atomic E-state index is 12.6. The van der Waals surface area contributed by atoms with Gasteiger partial charge in [-0.1, -0.05) is 30.3 Å². The van der Waals surface area contributed by atoms with Gasteiger partial charge >= 0.3 is 0 Å². The summed E-state index contributed by atoms with van der Waals surface area (Å²) in [6.45, 7) is 3.61. The third-order valence-electron chi connectivity index (χ3n) is 3.58. The lowest BCUT2D eigenvalue weighted by Crippen LogP contribution is -2.15. The molecule has 2 N–H and O–H groups in total. The highest BCUT2D eigenvalue weighted by Gasteiger charge is 2.18. The second kappa shape index (κ2) is 6.90. The first-order chi connectivity index (χ1) is 11.9. The zero-order valence-electron chi connectivity index (χ0n) is 13.9. The molecule has 0 aliphatic heterocycles. The van der Waals surface area contributed by atoms with E-state index in [1.165, 1.54) is 0 Å². The van der Waals surface area contributed by atoms with Crippen LogP contribution >= 0.6 is 0 Å². The van der Waals surface area contributed by atoms with Crippen LogP contribution in [-0.4, -0.2) is 18.6 Å². The van der Waals surface area contributed by atoms with Gasteiger partial charge in [0.05, 0.1) is 4.90 Å². The molecular formula is C18H18N4O2S. The van der Waals surface area contributed by atoms with Crippen molar-refractivity contribution in [2.24, 2.45) is 0 Å². The predicted octanol–water partition coefficient (Wildman–Crippen LogP) is 3.64. The summed E-state index contributed by atoms with van der Waals surface area (Å²) in [6, 6.07) is 18.1. The average molecular weight is 354 g/mol. The van der Waals surface area contributed by atoms with Gasteiger partial charge in [0, 0.05) is 5.69 Å². The van der Waals surface area contributed by atoms with E-state index in [9.17, 15) is 8.42 Å². The van der Waals surface area contributed by atoms with Crippen LogP contribution in [0.5, 0.6) is 0 Å². The highest BCUT2D eigenvalue weighted by molar-refractivity contribution is 7.92. The lowest BCUT2D eigenvalue weighted by atomic mass is 10.2. The van der Waals surface area contributed by atoms with Gasteiger partial charge in [0.15, 0.2) is 11.6 Å². The van der Waals surface area contributed by atoms with Crippen LogP contribution in [-0.2, 0) is 10.0 Å². The van der Waals surface area contributed by atoms with Crippen LogP contribution in [0.4, 0.5) is 17.3 Å². The van der Waals surface area contributed by atoms with Crippen molar-refractivity contribution >= 4 is 27.3 Å². The van der Waals surface area contributed by atoms with Gasteiger partial charge in [-0.2, -0.15) is 0 Å². The molecule has 0 unspecified atom stereocenters. The minimum atomic E-state index is -3.71. The zero-order valence-corrected chi connectivity index (χ0v) is 14.7. The Morgan fingerprint density at radius 2 is 1.52 bits per heavy atom. The van der Waals surface area contributed by atoms with Crippen LogP contribution in [0.25, 0.3) is 0 Å². The normalized spacial score (nSPS) is 11.1. The number of benzene rings is 2. The first-order valence-corrected chi connectivity index (χ1v) is 9.18. The smallest absolute Gasteiger partial charge is 0.263 e. The van der Waals surface area contributed by atoms with Gasteiger partial charge in [-0.15, -0.1) is 10.2 Å². The average Bonchev–Trinajstić information content (AvgIpc) is 2.59. The van der Waals surface area contributed by atoms with E-state index in [1.807, 2.05) is 43.3 Å². The molecule has 1 aromatic heterocycles. The number of rotatable bonds is 5. The molecule has 3 rings (SSSR count). The molecular weight excluding hydrogens is 336 g/mol. The molecule has 1 heterocycles. The van der Waals surface area contributed by atoms with E-state index in [4.69, 9.17) is 0 Å². The topological polar surface area (TPSA) is 84.0 Å². The minimum absolute atomic E-state index is 0.166. The number of anilines is 3. The molecule has 0 spiro atoms. The van der Waals surface area contributed by atoms with Gasteiger partial charge in [-0.3, -0.25) is 4.72 Å². The van der Waals surface area contributed by atoms with Crippen molar-refractivity contribution in [2.75, 3.05) is 10.0 Å². The molecule has 0 fully saturated rings. The SMILES string of the molecule is Cc1ccc(C)c(S(=O)(=O)Nc2ccc(Nc3ccccc3)nn2)c1. The number of aromatic nitrogens is 2. The number of sulfonamides is 1. The molecule has 7 heteroatoms. The lowest BCUT2D eigenvalue weighted by Gasteiger charge is -2.11. The standard InChI is InChI=1S/C18H18N4O2S/c1-13-8-9-14(2)16(12-13)25(23,24)22-18-11-10-17(20-21-18)19-15-6-4-3-5-7-15/h3-12H,1-2H3,(H,19,20)(H,21,22). The van der Waals surface area contributed by atoms with E-state index in [0.717, 1.165) is 11.3 Å². The van der Waals surface area contributed by atoms with Crippen LogP contribution in [0.1, 0.15) is 11.1 Å². The molecule has 0 amide bonds. The monoisotopic (exact) mass is 354 g/mol. The molecule has 0 atom stereocenters. The van der Waals surface area contributed by atoms with Gasteiger partial charge in [0.25, 0.3) is 10.0 Å². The summed E-state index contributed by atoms with van der Waals surface area (Å²) in [5.41, 5.74) is 2.42. The van der Waals surface area contributed by atoms with E-state index in [-0.39, 0.29) is 10.7 Å². The van der Waals surface area contributed by atoms with Crippen LogP contribution in [0.15, 0.2) is 65.6 Å². The first-order valence-electron chi connectivity index (χ1n) is 7.70. The fraction of sp³-hybridized carbons (Fsp3) is 0.111. The molecule has 3 aromatic rings. The number of nitrogens with one attached hydrogen (secondary N) is 2. The summed E-state index contributed by atoms with van der Waals surface area (Å²) in [7, 11) is -3.71. The molecule has 0 radical (unpaired) electrons. The van der Waals surface area contributed by atoms with Crippen molar-refractivity contribution in [3.63, 3.8) is 0 Å². The van der Waals surface area contributed by atoms with E-state index >= 15 is 0 Å². The van der Waals surface area contributed by atoms with Gasteiger partial charge in [0.1, 0.15) is 0 Å². The van der Waals surface area contributed by atoms with Crippen LogP contribution in [0.3, 0.4) is 0 Å². The first kappa shape index (κ1) is 16.9. The van der Waals surface area contributed by atoms with Crippen LogP contribution < -0.4 is 10.0 Å². The molecule has 25 heavy (non-hydrogen) atoms. The zero-order chi connectivity index (χ0) is 17.9. The second-order valence-corrected chi connectivity index (χ2v) is 7.32. The van der Waals surface area contributed by atoms with Crippen molar-refractivity contribution in [1.82, 2.24) is 10.2 Å². The summed E-state index contributed by atoms with van der Waals surface area (Å²) in [5, 5.41) is 11.0. The van der Waals surface area contributed by atoms with E-state index in [0.29, 0.717) is 11.4 Å². The Labute approximate surface area is 147 Å². The predicted molar refractivity (Wildman–Crippen MR) is 98.5 cm³/mol. The molecule has 6 nitrogen and oxygen atoms in total. The van der Waals surface area contributed by atoms with Crippen molar-refractivity contribution in [3.05, 3.63) is 71.8 Å². The quantitative estimate of drug-likeness (QED) is 0.731. The largest absolute Gasteiger partial charge is 0.339 e. The molecule has 2 aromatic carbocycles. The van der Waals surface area contributed by atoms with Gasteiger partial charge in [-0.05, 0) is 55.3 Å². The number of aryl methyl sites for hydroxylation is 2. The number of nitrogens with zero attached hydrogens (tertiary/aromatic N) is 2. The van der Waals surface area contributed by atoms with Crippen LogP contribution in [0.2, 0.25) is 0 Å². The van der Waals surface area contributed by atoms with Gasteiger partial charge in [0.2, 0.25) is 0 Å². The Morgan fingerprint density at radius 3 is 2.20 bits per heavy atom. The molecule has 0 saturated carbocycles. The fourth-order valence-electron chi connectivity index (χ4n) is 2.31. The Hall–Kier alpha value is -2.93. The summed E-state index contributed by atoms with van der Waals surface area (Å²) in [4.78, 5) is 0.237. The Kier molecular flexibility index (Phi) is 4.67. The highest BCUT2D eigenvalue weighted by atomic mass is 32.2. The third kappa shape index (κ3) is 4.13. The fourth-order valence-corrected chi connectivity index (χ4v) is 3.64. The Balaban J connectivity index is 1.78. The summed E-state index contributed by atoms with van der Waals surface area (Å²) in [5.74, 6) is 0.695. The van der Waals surface area contributed by atoms with Crippen molar-refractivity contribution in [1.29, 1.82) is 0 Å². The maximum atomic E-state index is 12.6. The second-order valence-electron chi connectivity index (χ2n) is 5.67. The molecule has 0 saturated heterocycles.